The van der Waals surface area contributed by atoms with E-state index in [4.69, 9.17) is 14.2 Å². The van der Waals surface area contributed by atoms with Crippen molar-refractivity contribution in [1.29, 1.82) is 0 Å². The highest BCUT2D eigenvalue weighted by Gasteiger charge is 2.21. The van der Waals surface area contributed by atoms with Gasteiger partial charge >= 0.3 is 0 Å². The lowest BCUT2D eigenvalue weighted by atomic mass is 10.1. The molecule has 0 unspecified atom stereocenters. The van der Waals surface area contributed by atoms with Crippen molar-refractivity contribution in [2.75, 3.05) is 20.4 Å². The quantitative estimate of drug-likeness (QED) is 0.501. The number of benzene rings is 3. The van der Waals surface area contributed by atoms with Crippen LogP contribution in [0.15, 0.2) is 71.6 Å². The first-order chi connectivity index (χ1) is 16.0. The molecule has 0 saturated carbocycles. The molecule has 1 aliphatic heterocycles. The maximum atomic E-state index is 12.9. The largest absolute Gasteiger partial charge is 0.495 e. The van der Waals surface area contributed by atoms with E-state index in [9.17, 15) is 13.2 Å². The Morgan fingerprint density at radius 3 is 2.55 bits per heavy atom. The zero-order valence-electron chi connectivity index (χ0n) is 18.0. The number of ether oxygens (including phenoxy) is 3. The Labute approximate surface area is 192 Å². The van der Waals surface area contributed by atoms with Crippen molar-refractivity contribution in [1.82, 2.24) is 10.0 Å². The summed E-state index contributed by atoms with van der Waals surface area (Å²) in [5.41, 5.74) is 2.06. The predicted molar refractivity (Wildman–Crippen MR) is 122 cm³/mol. The molecule has 1 amide bonds. The Bertz CT molecular complexity index is 1250. The fraction of sp³-hybridized carbons (Fsp3) is 0.208. The first-order valence-electron chi connectivity index (χ1n) is 10.3. The molecule has 3 aromatic carbocycles. The molecular weight excluding hydrogens is 444 g/mol. The number of carbonyl (C=O) groups is 1. The van der Waals surface area contributed by atoms with Crippen LogP contribution in [0.2, 0.25) is 0 Å². The molecule has 172 valence electrons. The van der Waals surface area contributed by atoms with Crippen LogP contribution in [-0.4, -0.2) is 34.8 Å². The number of rotatable bonds is 9. The maximum absolute atomic E-state index is 12.9. The van der Waals surface area contributed by atoms with E-state index < -0.39 is 15.9 Å². The lowest BCUT2D eigenvalue weighted by molar-refractivity contribution is 0.0950. The average Bonchev–Trinajstić information content (AvgIpc) is 3.30. The average molecular weight is 469 g/mol. The van der Waals surface area contributed by atoms with Crippen LogP contribution in [0.25, 0.3) is 0 Å². The van der Waals surface area contributed by atoms with Gasteiger partial charge in [-0.15, -0.1) is 0 Å². The third-order valence-electron chi connectivity index (χ3n) is 5.15. The molecule has 2 N–H and O–H groups in total. The molecule has 3 aromatic rings. The van der Waals surface area contributed by atoms with Crippen LogP contribution in [0, 0.1) is 0 Å². The van der Waals surface area contributed by atoms with Gasteiger partial charge in [-0.3, -0.25) is 4.79 Å². The summed E-state index contributed by atoms with van der Waals surface area (Å²) >= 11 is 0. The van der Waals surface area contributed by atoms with Gasteiger partial charge in [-0.2, -0.15) is 0 Å². The number of nitrogens with one attached hydrogen (secondary N) is 2. The highest BCUT2D eigenvalue weighted by molar-refractivity contribution is 7.89. The van der Waals surface area contributed by atoms with Gasteiger partial charge in [0.1, 0.15) is 10.6 Å². The Hall–Kier alpha value is -3.56. The number of sulfonamides is 1. The van der Waals surface area contributed by atoms with Crippen LogP contribution >= 0.6 is 0 Å². The van der Waals surface area contributed by atoms with E-state index in [2.05, 4.69) is 10.0 Å². The smallest absolute Gasteiger partial charge is 0.251 e. The first-order valence-corrected chi connectivity index (χ1v) is 11.8. The summed E-state index contributed by atoms with van der Waals surface area (Å²) in [5, 5.41) is 2.80. The summed E-state index contributed by atoms with van der Waals surface area (Å²) in [6.45, 7) is 0.641. The van der Waals surface area contributed by atoms with Crippen LogP contribution in [-0.2, 0) is 23.0 Å². The lowest BCUT2D eigenvalue weighted by Gasteiger charge is -2.13. The van der Waals surface area contributed by atoms with Crippen LogP contribution in [0.5, 0.6) is 17.2 Å². The summed E-state index contributed by atoms with van der Waals surface area (Å²) in [6.07, 6.45) is 0.540. The van der Waals surface area contributed by atoms with Gasteiger partial charge in [-0.1, -0.05) is 36.4 Å². The van der Waals surface area contributed by atoms with Crippen molar-refractivity contribution in [3.05, 3.63) is 83.4 Å². The minimum absolute atomic E-state index is 0.0891. The number of carbonyl (C=O) groups excluding carboxylic acids is 1. The second-order valence-corrected chi connectivity index (χ2v) is 9.10. The molecule has 9 heteroatoms. The molecule has 0 aliphatic carbocycles. The fourth-order valence-electron chi connectivity index (χ4n) is 3.42. The van der Waals surface area contributed by atoms with Crippen molar-refractivity contribution < 1.29 is 27.4 Å². The van der Waals surface area contributed by atoms with Crippen LogP contribution in [0.3, 0.4) is 0 Å². The molecule has 0 radical (unpaired) electrons. The predicted octanol–water partition coefficient (Wildman–Crippen LogP) is 2.87. The number of fused-ring (bicyclic) bond motifs is 1. The molecule has 0 fully saturated rings. The molecular formula is C24H24N2O6S. The summed E-state index contributed by atoms with van der Waals surface area (Å²) in [6, 6.07) is 19.3. The molecule has 4 rings (SSSR count). The van der Waals surface area contributed by atoms with Gasteiger partial charge in [0.15, 0.2) is 11.5 Å². The Morgan fingerprint density at radius 2 is 1.76 bits per heavy atom. The second kappa shape index (κ2) is 9.93. The molecule has 1 aliphatic rings. The van der Waals surface area contributed by atoms with Crippen molar-refractivity contribution in [3.63, 3.8) is 0 Å². The SMILES string of the molecule is COc1ccc(C(=O)NCc2ccc3c(c2)OCO3)cc1S(=O)(=O)NCCc1ccccc1. The van der Waals surface area contributed by atoms with E-state index >= 15 is 0 Å². The molecule has 0 atom stereocenters. The van der Waals surface area contributed by atoms with Crippen molar-refractivity contribution in [2.45, 2.75) is 17.9 Å². The lowest BCUT2D eigenvalue weighted by Crippen LogP contribution is -2.27. The minimum atomic E-state index is -3.89. The summed E-state index contributed by atoms with van der Waals surface area (Å²) < 4.78 is 44.3. The van der Waals surface area contributed by atoms with Gasteiger partial charge < -0.3 is 19.5 Å². The van der Waals surface area contributed by atoms with E-state index in [1.165, 1.54) is 25.3 Å². The summed E-state index contributed by atoms with van der Waals surface area (Å²) in [5.74, 6) is 1.04. The van der Waals surface area contributed by atoms with Crippen LogP contribution in [0.1, 0.15) is 21.5 Å². The zero-order valence-corrected chi connectivity index (χ0v) is 18.9. The van der Waals surface area contributed by atoms with Crippen molar-refractivity contribution in [3.8, 4) is 17.2 Å². The van der Waals surface area contributed by atoms with Gasteiger partial charge in [-0.25, -0.2) is 13.1 Å². The fourth-order valence-corrected chi connectivity index (χ4v) is 4.64. The zero-order chi connectivity index (χ0) is 23.3. The van der Waals surface area contributed by atoms with Crippen molar-refractivity contribution in [2.24, 2.45) is 0 Å². The monoisotopic (exact) mass is 468 g/mol. The van der Waals surface area contributed by atoms with Gasteiger partial charge in [0.05, 0.1) is 7.11 Å². The molecule has 0 saturated heterocycles. The normalized spacial score (nSPS) is 12.4. The van der Waals surface area contributed by atoms with Crippen LogP contribution < -0.4 is 24.2 Å². The van der Waals surface area contributed by atoms with Gasteiger partial charge in [-0.05, 0) is 47.9 Å². The highest BCUT2D eigenvalue weighted by atomic mass is 32.2. The standard InChI is InChI=1S/C24H24N2O6S/c1-30-21-10-8-19(24(27)25-15-18-7-9-20-22(13-18)32-16-31-20)14-23(21)33(28,29)26-12-11-17-5-3-2-4-6-17/h2-10,13-14,26H,11-12,15-16H2,1H3,(H,25,27). The number of hydrogen-bond donors (Lipinski definition) is 2. The van der Waals surface area contributed by atoms with Gasteiger partial charge in [0.25, 0.3) is 5.91 Å². The van der Waals surface area contributed by atoms with Gasteiger partial charge in [0.2, 0.25) is 16.8 Å². The number of amides is 1. The number of methoxy groups -OCH3 is 1. The topological polar surface area (TPSA) is 103 Å². The highest BCUT2D eigenvalue weighted by Crippen LogP contribution is 2.32. The Morgan fingerprint density at radius 1 is 0.970 bits per heavy atom. The van der Waals surface area contributed by atoms with E-state index in [0.717, 1.165) is 11.1 Å². The molecule has 8 nitrogen and oxygen atoms in total. The van der Waals surface area contributed by atoms with Crippen LogP contribution in [0.4, 0.5) is 0 Å². The minimum Gasteiger partial charge on any atom is -0.495 e. The van der Waals surface area contributed by atoms with Gasteiger partial charge in [0, 0.05) is 18.7 Å². The molecule has 1 heterocycles. The third-order valence-corrected chi connectivity index (χ3v) is 6.64. The first kappa shape index (κ1) is 22.6. The number of hydrogen-bond acceptors (Lipinski definition) is 6. The Balaban J connectivity index is 1.44. The molecule has 0 bridgehead atoms. The molecule has 0 aromatic heterocycles. The Kier molecular flexibility index (Phi) is 6.81. The third kappa shape index (κ3) is 5.44. The summed E-state index contributed by atoms with van der Waals surface area (Å²) in [7, 11) is -2.50. The van der Waals surface area contributed by atoms with E-state index in [-0.39, 0.29) is 36.1 Å². The van der Waals surface area contributed by atoms with Crippen molar-refractivity contribution >= 4 is 15.9 Å². The maximum Gasteiger partial charge on any atom is 0.251 e. The van der Waals surface area contributed by atoms with E-state index in [1.807, 2.05) is 36.4 Å². The molecule has 0 spiro atoms. The van der Waals surface area contributed by atoms with E-state index in [1.54, 1.807) is 12.1 Å². The second-order valence-electron chi connectivity index (χ2n) is 7.37. The summed E-state index contributed by atoms with van der Waals surface area (Å²) in [4.78, 5) is 12.6. The van der Waals surface area contributed by atoms with E-state index in [0.29, 0.717) is 17.9 Å². The molecule has 33 heavy (non-hydrogen) atoms.